The maximum atomic E-state index is 7.96. The van der Waals surface area contributed by atoms with Gasteiger partial charge in [0.25, 0.3) is 6.71 Å². The Labute approximate surface area is 516 Å². The van der Waals surface area contributed by atoms with Gasteiger partial charge in [0, 0.05) is 55.0 Å². The molecule has 0 unspecified atom stereocenters. The topological polar surface area (TPSA) is 22.9 Å². The van der Waals surface area contributed by atoms with Crippen molar-refractivity contribution in [3.8, 4) is 0 Å². The number of thiophene rings is 1. The summed E-state index contributed by atoms with van der Waals surface area (Å²) in [7, 11) is 0. The number of rotatable bonds is 7. The third-order valence-corrected chi connectivity index (χ3v) is 23.4. The zero-order chi connectivity index (χ0) is 60.1. The predicted octanol–water partition coefficient (Wildman–Crippen LogP) is 21.6. The van der Waals surface area contributed by atoms with Crippen LogP contribution in [0.25, 0.3) is 31.1 Å². The maximum Gasteiger partial charge on any atom is 0.297 e. The average molecular weight is 1150 g/mol. The Hall–Kier alpha value is -7.02. The van der Waals surface area contributed by atoms with Crippen LogP contribution in [-0.2, 0) is 32.5 Å². The van der Waals surface area contributed by atoms with Gasteiger partial charge in [0.1, 0.15) is 5.58 Å². The molecule has 0 amide bonds. The van der Waals surface area contributed by atoms with Crippen LogP contribution in [0, 0.1) is 0 Å². The summed E-state index contributed by atoms with van der Waals surface area (Å²) in [5, 5.41) is 3.77. The minimum Gasteiger partial charge on any atom is -0.468 e. The molecule has 2 aliphatic heterocycles. The minimum atomic E-state index is -0.221. The molecule has 3 aliphatic carbocycles. The van der Waals surface area contributed by atoms with Gasteiger partial charge in [-0.15, -0.1) is 11.3 Å². The largest absolute Gasteiger partial charge is 0.468 e. The number of nitrogens with zero attached hydrogens (tertiary/aromatic N) is 3. The number of furan rings is 1. The molecule has 0 fully saturated rings. The van der Waals surface area contributed by atoms with Crippen molar-refractivity contribution in [1.29, 1.82) is 0 Å². The van der Waals surface area contributed by atoms with Gasteiger partial charge in [-0.1, -0.05) is 178 Å². The molecule has 86 heavy (non-hydrogen) atoms. The Morgan fingerprint density at radius 1 is 0.430 bits per heavy atom. The molecule has 0 N–H and O–H groups in total. The molecule has 4 nitrogen and oxygen atoms in total. The lowest BCUT2D eigenvalue weighted by atomic mass is 9.35. The molecule has 0 bridgehead atoms. The van der Waals surface area contributed by atoms with E-state index in [9.17, 15) is 0 Å². The lowest BCUT2D eigenvalue weighted by Gasteiger charge is -2.47. The van der Waals surface area contributed by atoms with Crippen molar-refractivity contribution in [2.75, 3.05) is 14.7 Å². The Morgan fingerprint density at radius 3 is 1.51 bits per heavy atom. The summed E-state index contributed by atoms with van der Waals surface area (Å²) in [6.45, 7) is 38.7. The Balaban J connectivity index is 1.13. The van der Waals surface area contributed by atoms with E-state index >= 15 is 0 Å². The van der Waals surface area contributed by atoms with Gasteiger partial charge in [-0.2, -0.15) is 0 Å². The molecular formula is C80H86BN3OS. The zero-order valence-electron chi connectivity index (χ0n) is 54.0. The van der Waals surface area contributed by atoms with Crippen LogP contribution >= 0.6 is 11.3 Å². The van der Waals surface area contributed by atoms with E-state index < -0.39 is 0 Å². The third-order valence-electron chi connectivity index (χ3n) is 22.2. The first-order valence-corrected chi connectivity index (χ1v) is 33.2. The number of benzene rings is 8. The van der Waals surface area contributed by atoms with E-state index in [1.807, 2.05) is 11.3 Å². The highest BCUT2D eigenvalue weighted by Crippen LogP contribution is 2.57. The number of hydrogen-bond donors (Lipinski definition) is 0. The first kappa shape index (κ1) is 55.6. The van der Waals surface area contributed by atoms with E-state index in [-0.39, 0.29) is 39.2 Å². The van der Waals surface area contributed by atoms with Crippen LogP contribution in [0.2, 0.25) is 0 Å². The van der Waals surface area contributed by atoms with Crippen LogP contribution in [-0.4, -0.2) is 6.71 Å². The van der Waals surface area contributed by atoms with Crippen molar-refractivity contribution in [3.05, 3.63) is 190 Å². The van der Waals surface area contributed by atoms with Crippen molar-refractivity contribution < 1.29 is 4.42 Å². The van der Waals surface area contributed by atoms with Crippen LogP contribution < -0.4 is 31.3 Å². The summed E-state index contributed by atoms with van der Waals surface area (Å²) in [5.74, 6) is 0.808. The summed E-state index contributed by atoms with van der Waals surface area (Å²) in [6, 6.07) is 58.1. The standard InChI is InChI=1S/C80H86BN3OS/c1-47(2)49-24-28-51(29-25-49)82(52-30-26-50(27-31-52)48(3)4)54-41-67-71-68(42-54)84(65-22-19-21-56-55-20-17-18-23-70(55)86-73(56)65)72-57-43-60-63(80(15,16)39-36-77(60,9)10)46-69(57)85-74(72)81(71)64-44-61-62(79(13,14)38-37-78(61,11)12)45-66(64)83(67)53-32-33-58-59(40-53)76(7,8)35-34-75(58,5)6/h17-33,40-48H,34-39H2,1-16H3. The van der Waals surface area contributed by atoms with Crippen molar-refractivity contribution in [1.82, 2.24) is 0 Å². The summed E-state index contributed by atoms with van der Waals surface area (Å²) in [6.07, 6.45) is 6.83. The van der Waals surface area contributed by atoms with Gasteiger partial charge in [-0.3, -0.25) is 0 Å². The molecule has 0 saturated heterocycles. The number of fused-ring (bicyclic) bond motifs is 12. The Kier molecular flexibility index (Phi) is 12.1. The maximum absolute atomic E-state index is 7.96. The van der Waals surface area contributed by atoms with Gasteiger partial charge < -0.3 is 19.1 Å². The van der Waals surface area contributed by atoms with Gasteiger partial charge in [-0.25, -0.2) is 0 Å². The molecule has 6 heteroatoms. The molecule has 8 aromatic carbocycles. The van der Waals surface area contributed by atoms with E-state index in [1.54, 1.807) is 0 Å². The summed E-state index contributed by atoms with van der Waals surface area (Å²) < 4.78 is 10.5. The molecular weight excluding hydrogens is 1060 g/mol. The van der Waals surface area contributed by atoms with Gasteiger partial charge in [0.15, 0.2) is 0 Å². The Bertz CT molecular complexity index is 4390. The highest BCUT2D eigenvalue weighted by atomic mass is 32.1. The van der Waals surface area contributed by atoms with E-state index in [0.717, 1.165) is 66.1 Å². The molecule has 10 aromatic rings. The monoisotopic (exact) mass is 1150 g/mol. The molecule has 15 rings (SSSR count). The van der Waals surface area contributed by atoms with E-state index in [4.69, 9.17) is 4.42 Å². The first-order valence-electron chi connectivity index (χ1n) is 32.4. The van der Waals surface area contributed by atoms with Gasteiger partial charge in [0.05, 0.1) is 27.4 Å². The Morgan fingerprint density at radius 2 is 0.930 bits per heavy atom. The lowest BCUT2D eigenvalue weighted by molar-refractivity contribution is 0.332. The molecule has 0 spiro atoms. The summed E-state index contributed by atoms with van der Waals surface area (Å²) in [4.78, 5) is 7.97. The fourth-order valence-electron chi connectivity index (χ4n) is 16.3. The second kappa shape index (κ2) is 18.8. The second-order valence-corrected chi connectivity index (χ2v) is 32.3. The molecule has 4 heterocycles. The van der Waals surface area contributed by atoms with Crippen LogP contribution in [0.3, 0.4) is 0 Å². The smallest absolute Gasteiger partial charge is 0.297 e. The highest BCUT2D eigenvalue weighted by Gasteiger charge is 2.51. The van der Waals surface area contributed by atoms with Crippen molar-refractivity contribution in [2.45, 2.75) is 194 Å². The fraction of sp³-hybridized carbons (Fsp3) is 0.375. The molecule has 0 radical (unpaired) electrons. The third kappa shape index (κ3) is 8.26. The van der Waals surface area contributed by atoms with Crippen molar-refractivity contribution in [3.63, 3.8) is 0 Å². The lowest BCUT2D eigenvalue weighted by Crippen LogP contribution is -2.61. The number of hydrogen-bond acceptors (Lipinski definition) is 5. The molecule has 2 aromatic heterocycles. The van der Waals surface area contributed by atoms with E-state index in [0.29, 0.717) is 11.8 Å². The van der Waals surface area contributed by atoms with E-state index in [1.165, 1.54) is 116 Å². The predicted molar refractivity (Wildman–Crippen MR) is 372 cm³/mol. The van der Waals surface area contributed by atoms with Crippen molar-refractivity contribution >= 4 is 117 Å². The minimum absolute atomic E-state index is 0.00201. The molecule has 5 aliphatic rings. The van der Waals surface area contributed by atoms with Gasteiger partial charge in [0.2, 0.25) is 0 Å². The highest BCUT2D eigenvalue weighted by molar-refractivity contribution is 7.26. The number of anilines is 9. The van der Waals surface area contributed by atoms with E-state index in [2.05, 4.69) is 271 Å². The quantitative estimate of drug-likeness (QED) is 0.148. The van der Waals surface area contributed by atoms with Crippen molar-refractivity contribution in [2.24, 2.45) is 0 Å². The van der Waals surface area contributed by atoms with Gasteiger partial charge in [-0.05, 0) is 217 Å². The molecule has 0 saturated carbocycles. The first-order chi connectivity index (χ1) is 40.7. The summed E-state index contributed by atoms with van der Waals surface area (Å²) >= 11 is 1.92. The SMILES string of the molecule is CC(C)c1ccc(N(c2ccc(C(C)C)cc2)c2cc3c4c(c2)N(c2cccc5c2sc2ccccc25)c2c(oc5cc6c(cc25)C(C)(C)CCC6(C)C)B4c2cc4c(cc2N3c2ccc3c(c2)C(C)(C)CCC3(C)C)C(C)(C)CCC4(C)C)cc1. The van der Waals surface area contributed by atoms with Crippen LogP contribution in [0.4, 0.5) is 51.2 Å². The average Bonchev–Trinajstić information content (AvgIpc) is 1.24. The fourth-order valence-corrected chi connectivity index (χ4v) is 17.5. The second-order valence-electron chi connectivity index (χ2n) is 31.3. The molecule has 0 atom stereocenters. The van der Waals surface area contributed by atoms with Crippen LogP contribution in [0.15, 0.2) is 150 Å². The zero-order valence-corrected chi connectivity index (χ0v) is 54.8. The molecule has 436 valence electrons. The van der Waals surface area contributed by atoms with Crippen LogP contribution in [0.5, 0.6) is 0 Å². The van der Waals surface area contributed by atoms with Crippen LogP contribution in [0.1, 0.15) is 206 Å². The summed E-state index contributed by atoms with van der Waals surface area (Å²) in [5.41, 5.74) is 26.6. The van der Waals surface area contributed by atoms with Gasteiger partial charge >= 0.3 is 0 Å². The normalized spacial score (nSPS) is 18.9.